The van der Waals surface area contributed by atoms with E-state index in [0.717, 1.165) is 51.9 Å². The Kier molecular flexibility index (Phi) is 7.68. The minimum absolute atomic E-state index is 0.0128. The maximum Gasteiger partial charge on any atom is 0.310 e. The molecule has 2 heterocycles. The fourth-order valence-corrected chi connectivity index (χ4v) is 3.58. The average Bonchev–Trinajstić information content (AvgIpc) is 2.61. The molecule has 0 aromatic rings. The van der Waals surface area contributed by atoms with Crippen molar-refractivity contribution in [3.05, 3.63) is 0 Å². The van der Waals surface area contributed by atoms with Gasteiger partial charge in [0.1, 0.15) is 0 Å². The van der Waals surface area contributed by atoms with Crippen LogP contribution in [-0.2, 0) is 19.1 Å². The van der Waals surface area contributed by atoms with Crippen molar-refractivity contribution >= 4 is 17.8 Å². The number of ether oxygens (including phenoxy) is 1. The number of likely N-dealkylation sites (tertiary alicyclic amines) is 2. The Hall–Kier alpha value is -1.63. The largest absolute Gasteiger partial charge is 0.466 e. The average molecular weight is 353 g/mol. The van der Waals surface area contributed by atoms with Crippen LogP contribution < -0.4 is 5.32 Å². The van der Waals surface area contributed by atoms with E-state index in [4.69, 9.17) is 4.74 Å². The van der Waals surface area contributed by atoms with Crippen molar-refractivity contribution in [3.63, 3.8) is 0 Å². The number of carbonyl (C=O) groups excluding carboxylic acids is 3. The van der Waals surface area contributed by atoms with E-state index >= 15 is 0 Å². The number of nitrogens with zero attached hydrogens (tertiary/aromatic N) is 2. The maximum absolute atomic E-state index is 12.6. The molecule has 0 radical (unpaired) electrons. The molecule has 1 atom stereocenters. The monoisotopic (exact) mass is 353 g/mol. The third kappa shape index (κ3) is 6.30. The molecule has 142 valence electrons. The number of nitrogens with one attached hydrogen (secondary N) is 1. The van der Waals surface area contributed by atoms with Gasteiger partial charge in [-0.2, -0.15) is 0 Å². The second kappa shape index (κ2) is 9.75. The predicted molar refractivity (Wildman–Crippen MR) is 93.8 cm³/mol. The molecule has 0 aromatic carbocycles. The second-order valence-electron chi connectivity index (χ2n) is 7.09. The number of rotatable bonds is 6. The first-order valence-corrected chi connectivity index (χ1v) is 9.40. The van der Waals surface area contributed by atoms with Crippen molar-refractivity contribution in [3.8, 4) is 0 Å². The highest BCUT2D eigenvalue weighted by Crippen LogP contribution is 2.20. The van der Waals surface area contributed by atoms with E-state index in [1.165, 1.54) is 6.92 Å². The maximum atomic E-state index is 12.6. The highest BCUT2D eigenvalue weighted by Gasteiger charge is 2.30. The van der Waals surface area contributed by atoms with Gasteiger partial charge < -0.3 is 15.0 Å². The Morgan fingerprint density at radius 1 is 1.12 bits per heavy atom. The Labute approximate surface area is 150 Å². The molecule has 2 aliphatic rings. The van der Waals surface area contributed by atoms with E-state index in [9.17, 15) is 14.4 Å². The van der Waals surface area contributed by atoms with E-state index in [2.05, 4.69) is 10.2 Å². The van der Waals surface area contributed by atoms with Gasteiger partial charge in [0, 0.05) is 26.6 Å². The molecular weight excluding hydrogens is 322 g/mol. The van der Waals surface area contributed by atoms with Crippen LogP contribution in [0.25, 0.3) is 0 Å². The van der Waals surface area contributed by atoms with E-state index < -0.39 is 0 Å². The number of hydrogen-bond donors (Lipinski definition) is 1. The number of carbonyl (C=O) groups is 3. The normalized spacial score (nSPS) is 22.5. The Morgan fingerprint density at radius 2 is 1.84 bits per heavy atom. The quantitative estimate of drug-likeness (QED) is 0.709. The smallest absolute Gasteiger partial charge is 0.310 e. The van der Waals surface area contributed by atoms with Crippen LogP contribution in [0.3, 0.4) is 0 Å². The van der Waals surface area contributed by atoms with Crippen LogP contribution in [0.4, 0.5) is 0 Å². The number of piperidine rings is 2. The zero-order valence-corrected chi connectivity index (χ0v) is 15.5. The molecule has 7 heteroatoms. The van der Waals surface area contributed by atoms with Gasteiger partial charge in [-0.1, -0.05) is 0 Å². The van der Waals surface area contributed by atoms with Crippen LogP contribution in [0.2, 0.25) is 0 Å². The lowest BCUT2D eigenvalue weighted by Crippen LogP contribution is -2.48. The van der Waals surface area contributed by atoms with E-state index in [0.29, 0.717) is 25.6 Å². The topological polar surface area (TPSA) is 79.0 Å². The van der Waals surface area contributed by atoms with Crippen molar-refractivity contribution in [2.45, 2.75) is 39.5 Å². The molecule has 2 saturated heterocycles. The molecule has 2 amide bonds. The summed E-state index contributed by atoms with van der Waals surface area (Å²) in [5.74, 6) is 0.256. The minimum atomic E-state index is -0.182. The molecule has 25 heavy (non-hydrogen) atoms. The summed E-state index contributed by atoms with van der Waals surface area (Å²) >= 11 is 0. The lowest BCUT2D eigenvalue weighted by molar-refractivity contribution is -0.151. The summed E-state index contributed by atoms with van der Waals surface area (Å²) in [4.78, 5) is 39.4. The number of hydrogen-bond acceptors (Lipinski definition) is 5. The zero-order valence-electron chi connectivity index (χ0n) is 15.5. The highest BCUT2D eigenvalue weighted by atomic mass is 16.5. The molecule has 2 aliphatic heterocycles. The highest BCUT2D eigenvalue weighted by molar-refractivity contribution is 5.80. The third-order valence-corrected chi connectivity index (χ3v) is 5.10. The molecule has 0 spiro atoms. The zero-order chi connectivity index (χ0) is 18.2. The molecule has 0 aromatic heterocycles. The summed E-state index contributed by atoms with van der Waals surface area (Å²) in [7, 11) is 0. The summed E-state index contributed by atoms with van der Waals surface area (Å²) in [5, 5.41) is 2.87. The molecule has 2 rings (SSSR count). The van der Waals surface area contributed by atoms with Crippen molar-refractivity contribution in [2.75, 3.05) is 45.9 Å². The summed E-state index contributed by atoms with van der Waals surface area (Å²) in [6.07, 6.45) is 3.66. The van der Waals surface area contributed by atoms with Crippen LogP contribution >= 0.6 is 0 Å². The van der Waals surface area contributed by atoms with Crippen LogP contribution in [0, 0.1) is 11.8 Å². The van der Waals surface area contributed by atoms with E-state index in [1.54, 1.807) is 6.92 Å². The number of esters is 1. The Morgan fingerprint density at radius 3 is 2.48 bits per heavy atom. The van der Waals surface area contributed by atoms with Crippen molar-refractivity contribution < 1.29 is 19.1 Å². The molecule has 7 nitrogen and oxygen atoms in total. The van der Waals surface area contributed by atoms with Gasteiger partial charge in [0.15, 0.2) is 0 Å². The Bertz CT molecular complexity index is 475. The van der Waals surface area contributed by atoms with Gasteiger partial charge in [0.2, 0.25) is 11.8 Å². The van der Waals surface area contributed by atoms with Crippen molar-refractivity contribution in [1.82, 2.24) is 15.1 Å². The van der Waals surface area contributed by atoms with Gasteiger partial charge in [-0.15, -0.1) is 0 Å². The first-order chi connectivity index (χ1) is 12.0. The summed E-state index contributed by atoms with van der Waals surface area (Å²) < 4.78 is 5.09. The Balaban J connectivity index is 1.73. The molecule has 1 unspecified atom stereocenters. The number of amides is 2. The summed E-state index contributed by atoms with van der Waals surface area (Å²) in [6, 6.07) is 0. The van der Waals surface area contributed by atoms with Gasteiger partial charge in [-0.25, -0.2) is 0 Å². The molecule has 0 aliphatic carbocycles. The fourth-order valence-electron chi connectivity index (χ4n) is 3.58. The second-order valence-corrected chi connectivity index (χ2v) is 7.09. The lowest BCUT2D eigenvalue weighted by Gasteiger charge is -2.35. The summed E-state index contributed by atoms with van der Waals surface area (Å²) in [6.45, 7) is 7.85. The molecule has 0 bridgehead atoms. The molecule has 2 fully saturated rings. The van der Waals surface area contributed by atoms with Crippen LogP contribution in [0.15, 0.2) is 0 Å². The van der Waals surface area contributed by atoms with Crippen LogP contribution in [0.1, 0.15) is 39.5 Å². The van der Waals surface area contributed by atoms with E-state index in [-0.39, 0.29) is 23.7 Å². The van der Waals surface area contributed by atoms with Crippen molar-refractivity contribution in [2.24, 2.45) is 11.8 Å². The van der Waals surface area contributed by atoms with Gasteiger partial charge in [0.05, 0.1) is 19.1 Å². The van der Waals surface area contributed by atoms with E-state index in [1.807, 2.05) is 4.90 Å². The van der Waals surface area contributed by atoms with Crippen LogP contribution in [-0.4, -0.2) is 73.5 Å². The van der Waals surface area contributed by atoms with Gasteiger partial charge in [-0.05, 0) is 51.6 Å². The lowest BCUT2D eigenvalue weighted by atomic mass is 9.96. The first kappa shape index (κ1) is 19.7. The fraction of sp³-hybridized carbons (Fsp3) is 0.833. The van der Waals surface area contributed by atoms with Crippen LogP contribution in [0.5, 0.6) is 0 Å². The standard InChI is InChI=1S/C18H31N3O4/c1-3-25-18(24)16-5-4-8-21(12-16)17(23)13-20-9-6-15(7-10-20)11-19-14(2)22/h15-16H,3-13H2,1-2H3,(H,19,22). The third-order valence-electron chi connectivity index (χ3n) is 5.10. The van der Waals surface area contributed by atoms with Crippen molar-refractivity contribution in [1.29, 1.82) is 0 Å². The predicted octanol–water partition coefficient (Wildman–Crippen LogP) is 0.636. The molecular formula is C18H31N3O4. The summed E-state index contributed by atoms with van der Waals surface area (Å²) in [5.41, 5.74) is 0. The SMILES string of the molecule is CCOC(=O)C1CCCN(C(=O)CN2CCC(CNC(C)=O)CC2)C1. The van der Waals surface area contributed by atoms with Gasteiger partial charge in [-0.3, -0.25) is 19.3 Å². The minimum Gasteiger partial charge on any atom is -0.466 e. The van der Waals surface area contributed by atoms with Gasteiger partial charge in [0.25, 0.3) is 0 Å². The molecule has 0 saturated carbocycles. The first-order valence-electron chi connectivity index (χ1n) is 9.40. The van der Waals surface area contributed by atoms with Gasteiger partial charge >= 0.3 is 5.97 Å². The molecule has 1 N–H and O–H groups in total.